The van der Waals surface area contributed by atoms with Crippen molar-refractivity contribution < 1.29 is 27.1 Å². The normalized spacial score (nSPS) is 11.4. The van der Waals surface area contributed by atoms with Crippen molar-refractivity contribution in [3.05, 3.63) is 59.7 Å². The Morgan fingerprint density at radius 1 is 1.07 bits per heavy atom. The third kappa shape index (κ3) is 4.13. The maximum absolute atomic E-state index is 13.9. The number of rotatable bonds is 5. The van der Waals surface area contributed by atoms with E-state index in [2.05, 4.69) is 15.5 Å². The number of amides is 1. The molecule has 146 valence electrons. The van der Waals surface area contributed by atoms with Crippen molar-refractivity contribution in [2.24, 2.45) is 0 Å². The molecule has 0 aliphatic carbocycles. The van der Waals surface area contributed by atoms with Crippen molar-refractivity contribution in [3.63, 3.8) is 0 Å². The molecule has 1 heterocycles. The maximum atomic E-state index is 13.9. The minimum absolute atomic E-state index is 0.0310. The van der Waals surface area contributed by atoms with Gasteiger partial charge in [-0.2, -0.15) is 0 Å². The molecule has 0 unspecified atom stereocenters. The maximum Gasteiger partial charge on any atom is 0.259 e. The molecule has 0 spiro atoms. The zero-order valence-corrected chi connectivity index (χ0v) is 15.2. The fraction of sp³-hybridized carbons (Fsp3) is 0.211. The number of carbonyl (C=O) groups is 1. The molecule has 6 nitrogen and oxygen atoms in total. The van der Waals surface area contributed by atoms with E-state index in [0.29, 0.717) is 23.4 Å². The number of ether oxygens (including phenoxy) is 1. The van der Waals surface area contributed by atoms with Crippen LogP contribution in [-0.4, -0.2) is 16.1 Å². The van der Waals surface area contributed by atoms with Crippen LogP contribution in [0.15, 0.2) is 40.8 Å². The molecule has 3 rings (SSSR count). The Balaban J connectivity index is 1.83. The predicted octanol–water partition coefficient (Wildman–Crippen LogP) is 4.43. The largest absolute Gasteiger partial charge is 0.472 e. The van der Waals surface area contributed by atoms with E-state index < -0.39 is 28.8 Å². The highest BCUT2D eigenvalue weighted by Crippen LogP contribution is 2.32. The summed E-state index contributed by atoms with van der Waals surface area (Å²) in [5.74, 6) is -4.24. The summed E-state index contributed by atoms with van der Waals surface area (Å²) in [6.07, 6.45) is 0. The van der Waals surface area contributed by atoms with Gasteiger partial charge < -0.3 is 14.5 Å². The minimum Gasteiger partial charge on any atom is -0.472 e. The van der Waals surface area contributed by atoms with Crippen LogP contribution in [0.1, 0.15) is 26.7 Å². The lowest BCUT2D eigenvalue weighted by atomic mass is 10.1. The standard InChI is InChI=1S/C19H16F3N3O3/c1-10(26)23-13-6-4-11(5-7-13)17-24-25-18(27-17)19(2,3)28-16-14(21)8-12(20)9-15(16)22/h4-9H,1-3H3,(H,23,26). The van der Waals surface area contributed by atoms with Crippen LogP contribution in [0.2, 0.25) is 0 Å². The number of hydrogen-bond acceptors (Lipinski definition) is 5. The van der Waals surface area contributed by atoms with E-state index in [9.17, 15) is 18.0 Å². The van der Waals surface area contributed by atoms with Gasteiger partial charge >= 0.3 is 0 Å². The SMILES string of the molecule is CC(=O)Nc1ccc(-c2nnc(C(C)(C)Oc3c(F)cc(F)cc3F)o2)cc1. The molecule has 28 heavy (non-hydrogen) atoms. The van der Waals surface area contributed by atoms with Gasteiger partial charge in [0.2, 0.25) is 11.8 Å². The molecule has 0 aliphatic heterocycles. The Morgan fingerprint density at radius 3 is 2.25 bits per heavy atom. The van der Waals surface area contributed by atoms with Crippen LogP contribution in [0, 0.1) is 17.5 Å². The number of nitrogens with zero attached hydrogens (tertiary/aromatic N) is 2. The van der Waals surface area contributed by atoms with Crippen LogP contribution < -0.4 is 10.1 Å². The van der Waals surface area contributed by atoms with Crippen LogP contribution >= 0.6 is 0 Å². The first kappa shape index (κ1) is 19.4. The second-order valence-corrected chi connectivity index (χ2v) is 6.48. The van der Waals surface area contributed by atoms with Gasteiger partial charge in [0, 0.05) is 30.3 Å². The number of carbonyl (C=O) groups excluding carboxylic acids is 1. The monoisotopic (exact) mass is 391 g/mol. The Morgan fingerprint density at radius 2 is 1.68 bits per heavy atom. The van der Waals surface area contributed by atoms with Gasteiger partial charge in [-0.3, -0.25) is 4.79 Å². The molecule has 2 aromatic carbocycles. The number of hydrogen-bond donors (Lipinski definition) is 1. The zero-order valence-electron chi connectivity index (χ0n) is 15.2. The van der Waals surface area contributed by atoms with Crippen molar-refractivity contribution in [1.29, 1.82) is 0 Å². The first-order valence-electron chi connectivity index (χ1n) is 8.21. The molecule has 0 saturated heterocycles. The van der Waals surface area contributed by atoms with Crippen molar-refractivity contribution in [2.75, 3.05) is 5.32 Å². The first-order valence-corrected chi connectivity index (χ1v) is 8.21. The third-order valence-electron chi connectivity index (χ3n) is 3.71. The van der Waals surface area contributed by atoms with Crippen molar-refractivity contribution in [2.45, 2.75) is 26.4 Å². The van der Waals surface area contributed by atoms with Crippen molar-refractivity contribution in [1.82, 2.24) is 10.2 Å². The summed E-state index contributed by atoms with van der Waals surface area (Å²) in [7, 11) is 0. The summed E-state index contributed by atoms with van der Waals surface area (Å²) >= 11 is 0. The van der Waals surface area contributed by atoms with E-state index in [1.165, 1.54) is 20.8 Å². The topological polar surface area (TPSA) is 77.2 Å². The second-order valence-electron chi connectivity index (χ2n) is 6.48. The number of benzene rings is 2. The van der Waals surface area contributed by atoms with Gasteiger partial charge in [0.25, 0.3) is 5.89 Å². The summed E-state index contributed by atoms with van der Waals surface area (Å²) < 4.78 is 51.7. The molecule has 1 aromatic heterocycles. The fourth-order valence-electron chi connectivity index (χ4n) is 2.41. The molecule has 0 saturated carbocycles. The van der Waals surface area contributed by atoms with E-state index in [-0.39, 0.29) is 17.7 Å². The summed E-state index contributed by atoms with van der Waals surface area (Å²) in [5.41, 5.74) is -0.217. The quantitative estimate of drug-likeness (QED) is 0.696. The average Bonchev–Trinajstić information content (AvgIpc) is 3.09. The molecular weight excluding hydrogens is 375 g/mol. The molecule has 9 heteroatoms. The van der Waals surface area contributed by atoms with E-state index in [1.54, 1.807) is 24.3 Å². The molecule has 3 aromatic rings. The minimum atomic E-state index is -1.39. The van der Waals surface area contributed by atoms with Crippen LogP contribution in [0.4, 0.5) is 18.9 Å². The number of aromatic nitrogens is 2. The van der Waals surface area contributed by atoms with E-state index in [4.69, 9.17) is 9.15 Å². The lowest BCUT2D eigenvalue weighted by Gasteiger charge is -2.23. The summed E-state index contributed by atoms with van der Waals surface area (Å²) in [5, 5.41) is 10.4. The lowest BCUT2D eigenvalue weighted by molar-refractivity contribution is -0.114. The average molecular weight is 391 g/mol. The summed E-state index contributed by atoms with van der Waals surface area (Å²) in [4.78, 5) is 11.1. The zero-order chi connectivity index (χ0) is 20.5. The van der Waals surface area contributed by atoms with Crippen LogP contribution in [0.5, 0.6) is 5.75 Å². The molecule has 0 bridgehead atoms. The Kier molecular flexibility index (Phi) is 5.08. The predicted molar refractivity (Wildman–Crippen MR) is 94.0 cm³/mol. The highest BCUT2D eigenvalue weighted by molar-refractivity contribution is 5.88. The fourth-order valence-corrected chi connectivity index (χ4v) is 2.41. The first-order chi connectivity index (χ1) is 13.2. The van der Waals surface area contributed by atoms with Gasteiger partial charge in [-0.15, -0.1) is 10.2 Å². The lowest BCUT2D eigenvalue weighted by Crippen LogP contribution is -2.27. The van der Waals surface area contributed by atoms with Crippen LogP contribution in [0.25, 0.3) is 11.5 Å². The van der Waals surface area contributed by atoms with Crippen LogP contribution in [0.3, 0.4) is 0 Å². The smallest absolute Gasteiger partial charge is 0.259 e. The van der Waals surface area contributed by atoms with Gasteiger partial charge in [-0.05, 0) is 38.1 Å². The number of anilines is 1. The highest BCUT2D eigenvalue weighted by Gasteiger charge is 2.32. The summed E-state index contributed by atoms with van der Waals surface area (Å²) in [6.45, 7) is 4.35. The van der Waals surface area contributed by atoms with Gasteiger partial charge in [0.15, 0.2) is 23.0 Å². The molecule has 0 radical (unpaired) electrons. The molecule has 1 amide bonds. The van der Waals surface area contributed by atoms with Gasteiger partial charge in [0.05, 0.1) is 0 Å². The summed E-state index contributed by atoms with van der Waals surface area (Å²) in [6, 6.07) is 7.68. The Labute approximate surface area is 158 Å². The Bertz CT molecular complexity index is 994. The molecule has 0 fully saturated rings. The van der Waals surface area contributed by atoms with Crippen molar-refractivity contribution in [3.8, 4) is 17.2 Å². The Hall–Kier alpha value is -3.36. The molecule has 1 N–H and O–H groups in total. The number of halogens is 3. The van der Waals surface area contributed by atoms with E-state index in [1.807, 2.05) is 0 Å². The third-order valence-corrected chi connectivity index (χ3v) is 3.71. The van der Waals surface area contributed by atoms with Gasteiger partial charge in [-0.1, -0.05) is 0 Å². The van der Waals surface area contributed by atoms with E-state index in [0.717, 1.165) is 0 Å². The second kappa shape index (κ2) is 7.34. The van der Waals surface area contributed by atoms with E-state index >= 15 is 0 Å². The highest BCUT2D eigenvalue weighted by atomic mass is 19.1. The van der Waals surface area contributed by atoms with Gasteiger partial charge in [0.1, 0.15) is 5.82 Å². The molecular formula is C19H16F3N3O3. The molecule has 0 atom stereocenters. The van der Waals surface area contributed by atoms with Crippen LogP contribution in [-0.2, 0) is 10.4 Å². The van der Waals surface area contributed by atoms with Crippen molar-refractivity contribution >= 4 is 11.6 Å². The van der Waals surface area contributed by atoms with Gasteiger partial charge in [-0.25, -0.2) is 13.2 Å². The number of nitrogens with one attached hydrogen (secondary N) is 1. The molecule has 0 aliphatic rings.